The van der Waals surface area contributed by atoms with Crippen LogP contribution in [-0.4, -0.2) is 39.5 Å². The van der Waals surface area contributed by atoms with Crippen LogP contribution in [0.3, 0.4) is 0 Å². The summed E-state index contributed by atoms with van der Waals surface area (Å²) in [5.41, 5.74) is -2.84. The largest absolute Gasteiger partial charge is 0.508 e. The van der Waals surface area contributed by atoms with Crippen LogP contribution in [0.15, 0.2) is 40.6 Å². The Morgan fingerprint density at radius 3 is 1.82 bits per heavy atom. The second kappa shape index (κ2) is 8.35. The van der Waals surface area contributed by atoms with Gasteiger partial charge in [0, 0.05) is 5.69 Å². The Labute approximate surface area is 175 Å². The van der Waals surface area contributed by atoms with Crippen molar-refractivity contribution in [1.29, 1.82) is 0 Å². The molecule has 1 heterocycles. The fourth-order valence-electron chi connectivity index (χ4n) is 2.05. The lowest BCUT2D eigenvalue weighted by Crippen LogP contribution is -2.58. The molecule has 0 spiro atoms. The number of hydrogen-bond donors (Lipinski definition) is 1. The van der Waals surface area contributed by atoms with E-state index in [0.717, 1.165) is 31.2 Å². The van der Waals surface area contributed by atoms with E-state index in [9.17, 15) is 48.3 Å². The lowest BCUT2D eigenvalue weighted by atomic mass is 10.1. The zero-order valence-corrected chi connectivity index (χ0v) is 15.7. The van der Waals surface area contributed by atoms with E-state index in [4.69, 9.17) is 5.11 Å². The van der Waals surface area contributed by atoms with Gasteiger partial charge in [-0.3, -0.25) is 4.74 Å². The SMILES string of the molecule is Cc1cc(C(F)(OC(F)(F)C(F)(F)C(F)(F)F)C(F)(F)F)nc(N=Nc2ccc(O)cc2)n1. The molecule has 0 bridgehead atoms. The topological polar surface area (TPSA) is 80.0 Å². The van der Waals surface area contributed by atoms with Crippen molar-refractivity contribution in [2.75, 3.05) is 0 Å². The van der Waals surface area contributed by atoms with Crippen molar-refractivity contribution in [3.63, 3.8) is 0 Å². The molecule has 182 valence electrons. The molecule has 33 heavy (non-hydrogen) atoms. The van der Waals surface area contributed by atoms with Gasteiger partial charge in [-0.2, -0.15) is 48.3 Å². The molecule has 0 radical (unpaired) electrons. The third-order valence-corrected chi connectivity index (χ3v) is 3.63. The molecule has 1 aromatic carbocycles. The Hall–Kier alpha value is -3.11. The minimum Gasteiger partial charge on any atom is -0.508 e. The van der Waals surface area contributed by atoms with Crippen LogP contribution in [-0.2, 0) is 10.6 Å². The summed E-state index contributed by atoms with van der Waals surface area (Å²) in [5, 5.41) is 15.8. The molecule has 0 aliphatic heterocycles. The number of ether oxygens (including phenoxy) is 1. The van der Waals surface area contributed by atoms with Gasteiger partial charge in [0.2, 0.25) is 0 Å². The average molecular weight is 498 g/mol. The van der Waals surface area contributed by atoms with E-state index in [0.29, 0.717) is 0 Å². The highest BCUT2D eigenvalue weighted by Gasteiger charge is 2.78. The quantitative estimate of drug-likeness (QED) is 0.370. The number of benzene rings is 1. The first-order valence-electron chi connectivity index (χ1n) is 8.15. The highest BCUT2D eigenvalue weighted by molar-refractivity contribution is 5.40. The maximum absolute atomic E-state index is 14.7. The summed E-state index contributed by atoms with van der Waals surface area (Å²) in [6, 6.07) is 4.55. The molecular weight excluding hydrogens is 489 g/mol. The summed E-state index contributed by atoms with van der Waals surface area (Å²) in [5.74, 6) is -14.5. The Kier molecular flexibility index (Phi) is 6.61. The minimum absolute atomic E-state index is 0.0227. The molecule has 2 rings (SSSR count). The number of aromatic hydroxyl groups is 1. The second-order valence-electron chi connectivity index (χ2n) is 6.19. The van der Waals surface area contributed by atoms with E-state index in [1.807, 2.05) is 0 Å². The molecular formula is C16H9F11N4O2. The van der Waals surface area contributed by atoms with Gasteiger partial charge in [0.05, 0.1) is 5.69 Å². The Morgan fingerprint density at radius 2 is 1.33 bits per heavy atom. The second-order valence-corrected chi connectivity index (χ2v) is 6.19. The van der Waals surface area contributed by atoms with E-state index in [-0.39, 0.29) is 17.5 Å². The molecule has 2 aromatic rings. The number of phenolic OH excluding ortho intramolecular Hbond substituents is 1. The highest BCUT2D eigenvalue weighted by Crippen LogP contribution is 2.53. The fourth-order valence-corrected chi connectivity index (χ4v) is 2.05. The summed E-state index contributed by atoms with van der Waals surface area (Å²) < 4.78 is 147. The summed E-state index contributed by atoms with van der Waals surface area (Å²) >= 11 is 0. The average Bonchev–Trinajstić information content (AvgIpc) is 2.65. The first-order valence-corrected chi connectivity index (χ1v) is 8.15. The molecule has 6 nitrogen and oxygen atoms in total. The molecule has 0 saturated carbocycles. The first kappa shape index (κ1) is 26.1. The molecule has 0 fully saturated rings. The van der Waals surface area contributed by atoms with Gasteiger partial charge >= 0.3 is 30.2 Å². The molecule has 1 aromatic heterocycles. The number of rotatable bonds is 6. The maximum Gasteiger partial charge on any atom is 0.462 e. The maximum atomic E-state index is 14.7. The Balaban J connectivity index is 2.55. The van der Waals surface area contributed by atoms with E-state index in [2.05, 4.69) is 24.9 Å². The van der Waals surface area contributed by atoms with Gasteiger partial charge in [0.15, 0.2) is 0 Å². The predicted octanol–water partition coefficient (Wildman–Crippen LogP) is 6.40. The van der Waals surface area contributed by atoms with Gasteiger partial charge in [0.25, 0.3) is 5.95 Å². The third kappa shape index (κ3) is 5.28. The van der Waals surface area contributed by atoms with E-state index >= 15 is 0 Å². The van der Waals surface area contributed by atoms with E-state index in [1.165, 1.54) is 0 Å². The van der Waals surface area contributed by atoms with Gasteiger partial charge in [-0.15, -0.1) is 10.2 Å². The molecule has 0 aliphatic carbocycles. The number of halogens is 11. The van der Waals surface area contributed by atoms with Crippen LogP contribution in [0.1, 0.15) is 11.4 Å². The summed E-state index contributed by atoms with van der Waals surface area (Å²) in [7, 11) is 0. The highest BCUT2D eigenvalue weighted by atomic mass is 19.4. The van der Waals surface area contributed by atoms with Crippen molar-refractivity contribution >= 4 is 11.6 Å². The zero-order chi connectivity index (χ0) is 25.5. The number of aryl methyl sites for hydroxylation is 1. The van der Waals surface area contributed by atoms with Crippen LogP contribution in [0, 0.1) is 6.92 Å². The predicted molar refractivity (Wildman–Crippen MR) is 84.9 cm³/mol. The van der Waals surface area contributed by atoms with Gasteiger partial charge in [-0.25, -0.2) is 9.97 Å². The Morgan fingerprint density at radius 1 is 0.788 bits per heavy atom. The monoisotopic (exact) mass is 498 g/mol. The molecule has 0 aliphatic rings. The number of aromatic nitrogens is 2. The standard InChI is InChI=1S/C16H9F11N4O2/c1-7-6-10(29-11(28-7)31-30-8-2-4-9(32)5-3-8)12(17,14(20,21)22)33-16(26,27)13(18,19)15(23,24)25/h2-6,32H,1H3. The van der Waals surface area contributed by atoms with E-state index < -0.39 is 47.6 Å². The lowest BCUT2D eigenvalue weighted by Gasteiger charge is -2.34. The van der Waals surface area contributed by atoms with Crippen molar-refractivity contribution in [2.45, 2.75) is 37.2 Å². The minimum atomic E-state index is -7.20. The van der Waals surface area contributed by atoms with Crippen molar-refractivity contribution in [1.82, 2.24) is 9.97 Å². The summed E-state index contributed by atoms with van der Waals surface area (Å²) in [6.07, 6.45) is -20.7. The van der Waals surface area contributed by atoms with Crippen LogP contribution < -0.4 is 0 Å². The van der Waals surface area contributed by atoms with Gasteiger partial charge in [-0.1, -0.05) is 0 Å². The molecule has 0 amide bonds. The van der Waals surface area contributed by atoms with Crippen LogP contribution in [0.25, 0.3) is 0 Å². The van der Waals surface area contributed by atoms with Crippen molar-refractivity contribution in [2.24, 2.45) is 10.2 Å². The Bertz CT molecular complexity index is 1020. The lowest BCUT2D eigenvalue weighted by molar-refractivity contribution is -0.488. The third-order valence-electron chi connectivity index (χ3n) is 3.63. The van der Waals surface area contributed by atoms with Crippen LogP contribution in [0.4, 0.5) is 59.9 Å². The van der Waals surface area contributed by atoms with Crippen molar-refractivity contribution in [3.8, 4) is 5.75 Å². The molecule has 17 heteroatoms. The number of nitrogens with zero attached hydrogens (tertiary/aromatic N) is 4. The van der Waals surface area contributed by atoms with E-state index in [1.54, 1.807) is 0 Å². The zero-order valence-electron chi connectivity index (χ0n) is 15.7. The van der Waals surface area contributed by atoms with Crippen LogP contribution in [0.5, 0.6) is 5.75 Å². The normalized spacial score (nSPS) is 15.6. The molecule has 1 atom stereocenters. The fraction of sp³-hybridized carbons (Fsp3) is 0.375. The summed E-state index contributed by atoms with van der Waals surface area (Å²) in [4.78, 5) is 6.25. The molecule has 1 unspecified atom stereocenters. The van der Waals surface area contributed by atoms with Gasteiger partial charge in [0.1, 0.15) is 11.4 Å². The summed E-state index contributed by atoms with van der Waals surface area (Å²) in [6.45, 7) is 0.879. The molecule has 0 saturated heterocycles. The van der Waals surface area contributed by atoms with Gasteiger partial charge < -0.3 is 5.11 Å². The van der Waals surface area contributed by atoms with Crippen LogP contribution >= 0.6 is 0 Å². The number of hydrogen-bond acceptors (Lipinski definition) is 6. The number of azo groups is 1. The van der Waals surface area contributed by atoms with Crippen molar-refractivity contribution in [3.05, 3.63) is 41.7 Å². The first-order chi connectivity index (χ1) is 14.8. The molecule has 1 N–H and O–H groups in total. The smallest absolute Gasteiger partial charge is 0.462 e. The van der Waals surface area contributed by atoms with Gasteiger partial charge in [-0.05, 0) is 37.3 Å². The van der Waals surface area contributed by atoms with Crippen molar-refractivity contribution < 1.29 is 58.1 Å². The number of alkyl halides is 11. The number of phenols is 1. The van der Waals surface area contributed by atoms with Crippen LogP contribution in [0.2, 0.25) is 0 Å².